The van der Waals surface area contributed by atoms with E-state index in [9.17, 15) is 48.9 Å². The Balaban J connectivity index is 1.38. The number of carbonyl (C=O) groups is 7. The molecule has 1 aromatic rings. The number of hydrogen-bond acceptors (Lipinski definition) is 16. The maximum Gasteiger partial charge on any atom is 0.348 e. The Hall–Kier alpha value is -5.27. The van der Waals surface area contributed by atoms with Gasteiger partial charge in [0.05, 0.1) is 31.0 Å². The van der Waals surface area contributed by atoms with E-state index in [0.717, 1.165) is 18.1 Å². The van der Waals surface area contributed by atoms with Gasteiger partial charge in [0, 0.05) is 5.56 Å². The van der Waals surface area contributed by atoms with Gasteiger partial charge in [-0.05, 0) is 62.1 Å². The molecule has 1 fully saturated rings. The number of hydrogen-bond donors (Lipinski definition) is 6. The van der Waals surface area contributed by atoms with Crippen LogP contribution in [-0.2, 0) is 64.3 Å². The van der Waals surface area contributed by atoms with Gasteiger partial charge in [-0.25, -0.2) is 24.0 Å². The second-order valence-electron chi connectivity index (χ2n) is 13.4. The van der Waals surface area contributed by atoms with Crippen LogP contribution in [0.3, 0.4) is 0 Å². The van der Waals surface area contributed by atoms with Crippen LogP contribution in [-0.4, -0.2) is 122 Å². The minimum Gasteiger partial charge on any atom is -0.493 e. The van der Waals surface area contributed by atoms with Gasteiger partial charge in [-0.2, -0.15) is 0 Å². The summed E-state index contributed by atoms with van der Waals surface area (Å²) in [5, 5.41) is 59.0. The largest absolute Gasteiger partial charge is 0.493 e. The summed E-state index contributed by atoms with van der Waals surface area (Å²) >= 11 is 0. The van der Waals surface area contributed by atoms with Gasteiger partial charge in [0.15, 0.2) is 35.9 Å². The average molecular weight is 751 g/mol. The molecule has 1 unspecified atom stereocenters. The first-order valence-electron chi connectivity index (χ1n) is 16.5. The number of carbonyl (C=O) groups excluding carboxylic acids is 4. The predicted molar refractivity (Wildman–Crippen MR) is 168 cm³/mol. The maximum absolute atomic E-state index is 13.5. The number of carboxylic acids is 3. The third-order valence-electron chi connectivity index (χ3n) is 10.4. The zero-order chi connectivity index (χ0) is 39.2. The van der Waals surface area contributed by atoms with Crippen molar-refractivity contribution in [1.82, 2.24) is 0 Å². The van der Waals surface area contributed by atoms with Crippen LogP contribution in [0.25, 0.3) is 0 Å². The number of aliphatic hydroxyl groups is 3. The summed E-state index contributed by atoms with van der Waals surface area (Å²) in [4.78, 5) is 85.1. The molecule has 10 atom stereocenters. The van der Waals surface area contributed by atoms with E-state index >= 15 is 0 Å². The second kappa shape index (κ2) is 14.6. The highest BCUT2D eigenvalue weighted by atomic mass is 16.6. The van der Waals surface area contributed by atoms with Gasteiger partial charge in [0.2, 0.25) is 12.2 Å². The Morgan fingerprint density at radius 1 is 0.906 bits per heavy atom. The van der Waals surface area contributed by atoms with Crippen molar-refractivity contribution in [2.45, 2.75) is 100 Å². The molecule has 1 saturated carbocycles. The molecule has 2 bridgehead atoms. The van der Waals surface area contributed by atoms with Crippen LogP contribution < -0.4 is 9.47 Å². The van der Waals surface area contributed by atoms with Gasteiger partial charge in [0.25, 0.3) is 0 Å². The highest BCUT2D eigenvalue weighted by Gasteiger charge is 2.72. The highest BCUT2D eigenvalue weighted by molar-refractivity contribution is 5.90. The number of benzene rings is 1. The molecule has 19 nitrogen and oxygen atoms in total. The Bertz CT molecular complexity index is 1750. The normalized spacial score (nSPS) is 27.5. The van der Waals surface area contributed by atoms with Crippen molar-refractivity contribution in [3.05, 3.63) is 35.1 Å². The fraction of sp³-hybridized carbons (Fsp3) is 0.559. The SMILES string of the molecule is COc1ccc2c3c1O[C@H]1C(OC(=O)C[C@H](OC(=O)[C@H](O)[C@@H](O)C(=O)O)C(=O)O[C@@H](C)C(=O)O[C@@H](CC(=O)O)C(=O)O)=CC[C@@]4(O)[C@@H](C2)C(C)CC[C@]314. The first-order chi connectivity index (χ1) is 24.9. The lowest BCUT2D eigenvalue weighted by molar-refractivity contribution is -0.189. The van der Waals surface area contributed by atoms with Crippen LogP contribution in [0, 0.1) is 11.8 Å². The molecule has 1 aromatic carbocycles. The van der Waals surface area contributed by atoms with Crippen molar-refractivity contribution in [2.75, 3.05) is 7.11 Å². The molecule has 4 aliphatic rings. The van der Waals surface area contributed by atoms with Crippen molar-refractivity contribution in [2.24, 2.45) is 11.8 Å². The summed E-state index contributed by atoms with van der Waals surface area (Å²) in [6, 6.07) is 3.65. The number of aliphatic carboxylic acids is 3. The van der Waals surface area contributed by atoms with Crippen molar-refractivity contribution >= 4 is 41.8 Å². The summed E-state index contributed by atoms with van der Waals surface area (Å²) in [7, 11) is 1.45. The first-order valence-corrected chi connectivity index (χ1v) is 16.5. The van der Waals surface area contributed by atoms with E-state index in [2.05, 4.69) is 11.7 Å². The number of ether oxygens (including phenoxy) is 6. The fourth-order valence-corrected chi connectivity index (χ4v) is 7.81. The molecule has 0 aromatic heterocycles. The van der Waals surface area contributed by atoms with E-state index in [1.807, 2.05) is 6.07 Å². The molecular formula is C34H38O19. The molecule has 3 aliphatic carbocycles. The molecule has 1 aliphatic heterocycles. The lowest BCUT2D eigenvalue weighted by Gasteiger charge is -2.61. The molecule has 288 valence electrons. The predicted octanol–water partition coefficient (Wildman–Crippen LogP) is -0.631. The Labute approximate surface area is 300 Å². The van der Waals surface area contributed by atoms with E-state index < -0.39 is 102 Å². The zero-order valence-electron chi connectivity index (χ0n) is 28.6. The number of carboxylic acid groups (broad SMARTS) is 3. The number of aliphatic hydroxyl groups excluding tert-OH is 2. The molecule has 1 spiro atoms. The quantitative estimate of drug-likeness (QED) is 0.0960. The van der Waals surface area contributed by atoms with Gasteiger partial charge in [-0.15, -0.1) is 0 Å². The third kappa shape index (κ3) is 6.86. The van der Waals surface area contributed by atoms with Crippen LogP contribution in [0.1, 0.15) is 57.1 Å². The summed E-state index contributed by atoms with van der Waals surface area (Å²) in [6.07, 6.45) is -12.1. The topological polar surface area (TPSA) is 296 Å². The molecule has 53 heavy (non-hydrogen) atoms. The molecular weight excluding hydrogens is 712 g/mol. The molecule has 6 N–H and O–H groups in total. The van der Waals surface area contributed by atoms with Crippen molar-refractivity contribution in [1.29, 1.82) is 0 Å². The summed E-state index contributed by atoms with van der Waals surface area (Å²) in [5.74, 6) is -11.2. The number of methoxy groups -OCH3 is 1. The molecule has 0 radical (unpaired) electrons. The Kier molecular flexibility index (Phi) is 10.8. The van der Waals surface area contributed by atoms with Gasteiger partial charge in [0.1, 0.15) is 5.76 Å². The number of esters is 4. The maximum atomic E-state index is 13.5. The van der Waals surface area contributed by atoms with Crippen LogP contribution in [0.4, 0.5) is 0 Å². The Morgan fingerprint density at radius 3 is 2.21 bits per heavy atom. The van der Waals surface area contributed by atoms with Gasteiger partial charge in [-0.1, -0.05) is 13.0 Å². The van der Waals surface area contributed by atoms with Gasteiger partial charge >= 0.3 is 41.8 Å². The van der Waals surface area contributed by atoms with Gasteiger partial charge < -0.3 is 59.1 Å². The van der Waals surface area contributed by atoms with E-state index in [1.54, 1.807) is 6.07 Å². The first kappa shape index (κ1) is 38.9. The Morgan fingerprint density at radius 2 is 1.58 bits per heavy atom. The van der Waals surface area contributed by atoms with Gasteiger partial charge in [-0.3, -0.25) is 9.59 Å². The summed E-state index contributed by atoms with van der Waals surface area (Å²) in [5.41, 5.74) is -0.671. The zero-order valence-corrected chi connectivity index (χ0v) is 28.6. The standard InChI is InChI=1S/C34H38O19/c1-13-6-8-33-23-15-4-5-17(48-3)26(23)53-27(33)18(7-9-34(33,47)16(13)10-15)50-22(37)12-20(52-32(46)25(39)24(38)29(42)43)31(45)49-14(2)30(44)51-19(28(40)41)11-21(35)36/h4-5,7,13-14,16,19-20,24-25,27,38-39,47H,6,8-12H2,1-3H3,(H,35,36)(H,40,41)(H,42,43)/t13?,14-,16-,19-,20-,24+,25+,27-,33-,34+/m0/s1. The monoisotopic (exact) mass is 750 g/mol. The summed E-state index contributed by atoms with van der Waals surface area (Å²) < 4.78 is 32.0. The minimum absolute atomic E-state index is 0.0473. The van der Waals surface area contributed by atoms with E-state index in [4.69, 9.17) is 39.0 Å². The molecule has 0 amide bonds. The van der Waals surface area contributed by atoms with E-state index in [0.29, 0.717) is 30.8 Å². The van der Waals surface area contributed by atoms with Crippen molar-refractivity contribution < 1.29 is 92.6 Å². The van der Waals surface area contributed by atoms with E-state index in [-0.39, 0.29) is 24.0 Å². The molecule has 19 heteroatoms. The van der Waals surface area contributed by atoms with Crippen LogP contribution in [0.15, 0.2) is 24.0 Å². The van der Waals surface area contributed by atoms with Crippen molar-refractivity contribution in [3.8, 4) is 11.5 Å². The molecule has 1 heterocycles. The second-order valence-corrected chi connectivity index (χ2v) is 13.4. The average Bonchev–Trinajstić information content (AvgIpc) is 3.45. The third-order valence-corrected chi connectivity index (χ3v) is 10.4. The van der Waals surface area contributed by atoms with Crippen LogP contribution in [0.2, 0.25) is 0 Å². The van der Waals surface area contributed by atoms with Crippen LogP contribution in [0.5, 0.6) is 11.5 Å². The van der Waals surface area contributed by atoms with E-state index in [1.165, 1.54) is 13.2 Å². The van der Waals surface area contributed by atoms with Crippen LogP contribution >= 0.6 is 0 Å². The lowest BCUT2D eigenvalue weighted by Crippen LogP contribution is -2.69. The number of rotatable bonds is 15. The summed E-state index contributed by atoms with van der Waals surface area (Å²) in [6.45, 7) is 2.94. The molecule has 0 saturated heterocycles. The fourth-order valence-electron chi connectivity index (χ4n) is 7.81. The molecule has 5 rings (SSSR count). The highest BCUT2D eigenvalue weighted by Crippen LogP contribution is 2.68. The smallest absolute Gasteiger partial charge is 0.348 e. The minimum atomic E-state index is -2.76. The lowest BCUT2D eigenvalue weighted by atomic mass is 9.45. The van der Waals surface area contributed by atoms with Crippen molar-refractivity contribution in [3.63, 3.8) is 0 Å².